The van der Waals surface area contributed by atoms with Gasteiger partial charge in [0, 0.05) is 11.6 Å². The fourth-order valence-corrected chi connectivity index (χ4v) is 1.86. The lowest BCUT2D eigenvalue weighted by Crippen LogP contribution is -2.09. The van der Waals surface area contributed by atoms with Gasteiger partial charge in [-0.2, -0.15) is 0 Å². The molecule has 0 saturated heterocycles. The van der Waals surface area contributed by atoms with Crippen LogP contribution in [-0.2, 0) is 6.54 Å². The van der Waals surface area contributed by atoms with Gasteiger partial charge in [0.25, 0.3) is 0 Å². The normalized spacial score (nSPS) is 12.7. The molecule has 0 spiro atoms. The molecular formula is C12H14ClN3O. The van der Waals surface area contributed by atoms with Gasteiger partial charge in [0.05, 0.1) is 11.9 Å². The van der Waals surface area contributed by atoms with Gasteiger partial charge in [0.1, 0.15) is 6.10 Å². The van der Waals surface area contributed by atoms with Gasteiger partial charge in [-0.15, -0.1) is 5.10 Å². The Balaban J connectivity index is 2.36. The van der Waals surface area contributed by atoms with Crippen LogP contribution in [0, 0.1) is 6.92 Å². The van der Waals surface area contributed by atoms with Gasteiger partial charge in [0.2, 0.25) is 0 Å². The number of hydrogen-bond acceptors (Lipinski definition) is 3. The minimum absolute atomic E-state index is 0.650. The first kappa shape index (κ1) is 12.1. The molecule has 90 valence electrons. The molecule has 2 rings (SSSR count). The van der Waals surface area contributed by atoms with Gasteiger partial charge >= 0.3 is 0 Å². The number of aryl methyl sites for hydroxylation is 2. The van der Waals surface area contributed by atoms with Gasteiger partial charge < -0.3 is 5.11 Å². The number of hydrogen-bond donors (Lipinski definition) is 1. The summed E-state index contributed by atoms with van der Waals surface area (Å²) >= 11 is 6.04. The Morgan fingerprint density at radius 3 is 2.88 bits per heavy atom. The van der Waals surface area contributed by atoms with Gasteiger partial charge in [0.15, 0.2) is 0 Å². The maximum atomic E-state index is 10.2. The van der Waals surface area contributed by atoms with E-state index < -0.39 is 6.10 Å². The summed E-state index contributed by atoms with van der Waals surface area (Å²) in [6.45, 7) is 4.55. The van der Waals surface area contributed by atoms with Crippen molar-refractivity contribution in [3.8, 4) is 0 Å². The van der Waals surface area contributed by atoms with Crippen LogP contribution in [0.2, 0.25) is 5.02 Å². The quantitative estimate of drug-likeness (QED) is 0.911. The standard InChI is InChI=1S/C12H14ClN3O/c1-3-16-11(7-14-15-16)12(17)9-5-4-8(2)10(13)6-9/h4-7,12,17H,3H2,1-2H3. The first-order valence-electron chi connectivity index (χ1n) is 5.46. The van der Waals surface area contributed by atoms with E-state index in [1.807, 2.05) is 26.0 Å². The molecule has 1 heterocycles. The summed E-state index contributed by atoms with van der Waals surface area (Å²) < 4.78 is 1.67. The highest BCUT2D eigenvalue weighted by Crippen LogP contribution is 2.25. The third-order valence-electron chi connectivity index (χ3n) is 2.74. The van der Waals surface area contributed by atoms with E-state index in [0.29, 0.717) is 17.3 Å². The smallest absolute Gasteiger partial charge is 0.122 e. The van der Waals surface area contributed by atoms with E-state index in [2.05, 4.69) is 10.3 Å². The molecule has 2 aromatic rings. The van der Waals surface area contributed by atoms with Crippen LogP contribution < -0.4 is 0 Å². The molecule has 1 N–H and O–H groups in total. The molecular weight excluding hydrogens is 238 g/mol. The monoisotopic (exact) mass is 251 g/mol. The Morgan fingerprint density at radius 2 is 2.24 bits per heavy atom. The SMILES string of the molecule is CCn1nncc1C(O)c1ccc(C)c(Cl)c1. The number of nitrogens with zero attached hydrogens (tertiary/aromatic N) is 3. The topological polar surface area (TPSA) is 50.9 Å². The molecule has 0 aliphatic carbocycles. The number of aliphatic hydroxyl groups is 1. The molecule has 1 aromatic carbocycles. The van der Waals surface area contributed by atoms with Crippen molar-refractivity contribution in [3.63, 3.8) is 0 Å². The summed E-state index contributed by atoms with van der Waals surface area (Å²) in [4.78, 5) is 0. The lowest BCUT2D eigenvalue weighted by molar-refractivity contribution is 0.208. The fourth-order valence-electron chi connectivity index (χ4n) is 1.67. The van der Waals surface area contributed by atoms with Crippen LogP contribution >= 0.6 is 11.6 Å². The van der Waals surface area contributed by atoms with Crippen molar-refractivity contribution >= 4 is 11.6 Å². The van der Waals surface area contributed by atoms with E-state index >= 15 is 0 Å². The van der Waals surface area contributed by atoms with Crippen molar-refractivity contribution in [2.24, 2.45) is 0 Å². The second kappa shape index (κ2) is 4.85. The fraction of sp³-hybridized carbons (Fsp3) is 0.333. The molecule has 17 heavy (non-hydrogen) atoms. The average Bonchev–Trinajstić information content (AvgIpc) is 2.80. The molecule has 0 aliphatic rings. The first-order chi connectivity index (χ1) is 8.13. The second-order valence-electron chi connectivity index (χ2n) is 3.89. The summed E-state index contributed by atoms with van der Waals surface area (Å²) in [5, 5.41) is 18.6. The minimum Gasteiger partial charge on any atom is -0.382 e. The molecule has 0 amide bonds. The van der Waals surface area contributed by atoms with Crippen molar-refractivity contribution in [1.82, 2.24) is 15.0 Å². The van der Waals surface area contributed by atoms with Crippen LogP contribution in [0.1, 0.15) is 29.8 Å². The molecule has 0 aliphatic heterocycles. The molecule has 1 atom stereocenters. The molecule has 1 aromatic heterocycles. The predicted octanol–water partition coefficient (Wildman–Crippen LogP) is 2.34. The van der Waals surface area contributed by atoms with Crippen molar-refractivity contribution in [2.75, 3.05) is 0 Å². The van der Waals surface area contributed by atoms with Crippen molar-refractivity contribution in [1.29, 1.82) is 0 Å². The number of aromatic nitrogens is 3. The van der Waals surface area contributed by atoms with E-state index in [1.165, 1.54) is 0 Å². The first-order valence-corrected chi connectivity index (χ1v) is 5.83. The Labute approximate surface area is 105 Å². The van der Waals surface area contributed by atoms with Crippen LogP contribution in [0.5, 0.6) is 0 Å². The average molecular weight is 252 g/mol. The third kappa shape index (κ3) is 2.33. The number of aliphatic hydroxyl groups excluding tert-OH is 1. The molecule has 4 nitrogen and oxygen atoms in total. The zero-order chi connectivity index (χ0) is 12.4. The second-order valence-corrected chi connectivity index (χ2v) is 4.29. The minimum atomic E-state index is -0.747. The van der Waals surface area contributed by atoms with Crippen LogP contribution in [0.4, 0.5) is 0 Å². The van der Waals surface area contributed by atoms with E-state index in [0.717, 1.165) is 11.1 Å². The van der Waals surface area contributed by atoms with Crippen LogP contribution in [0.3, 0.4) is 0 Å². The molecule has 5 heteroatoms. The van der Waals surface area contributed by atoms with E-state index in [4.69, 9.17) is 11.6 Å². The van der Waals surface area contributed by atoms with E-state index in [-0.39, 0.29) is 0 Å². The number of benzene rings is 1. The Hall–Kier alpha value is -1.39. The summed E-state index contributed by atoms with van der Waals surface area (Å²) in [7, 11) is 0. The van der Waals surface area contributed by atoms with Gasteiger partial charge in [-0.25, -0.2) is 4.68 Å². The lowest BCUT2D eigenvalue weighted by atomic mass is 10.1. The molecule has 0 saturated carbocycles. The Bertz CT molecular complexity index is 524. The van der Waals surface area contributed by atoms with Crippen LogP contribution in [0.15, 0.2) is 24.4 Å². The van der Waals surface area contributed by atoms with Crippen molar-refractivity contribution in [2.45, 2.75) is 26.5 Å². The highest BCUT2D eigenvalue weighted by Gasteiger charge is 2.16. The van der Waals surface area contributed by atoms with E-state index in [1.54, 1.807) is 16.9 Å². The summed E-state index contributed by atoms with van der Waals surface area (Å²) in [6.07, 6.45) is 0.824. The highest BCUT2D eigenvalue weighted by molar-refractivity contribution is 6.31. The van der Waals surface area contributed by atoms with Crippen molar-refractivity contribution in [3.05, 3.63) is 46.2 Å². The summed E-state index contributed by atoms with van der Waals surface area (Å²) in [5.41, 5.74) is 2.41. The third-order valence-corrected chi connectivity index (χ3v) is 3.15. The maximum Gasteiger partial charge on any atom is 0.122 e. The summed E-state index contributed by atoms with van der Waals surface area (Å²) in [5.74, 6) is 0. The zero-order valence-corrected chi connectivity index (χ0v) is 10.5. The molecule has 0 bridgehead atoms. The van der Waals surface area contributed by atoms with Gasteiger partial charge in [-0.1, -0.05) is 28.9 Å². The summed E-state index contributed by atoms with van der Waals surface area (Å²) in [6, 6.07) is 5.52. The highest BCUT2D eigenvalue weighted by atomic mass is 35.5. The Morgan fingerprint density at radius 1 is 1.47 bits per heavy atom. The van der Waals surface area contributed by atoms with Crippen molar-refractivity contribution < 1.29 is 5.11 Å². The van der Waals surface area contributed by atoms with Crippen LogP contribution in [0.25, 0.3) is 0 Å². The predicted molar refractivity (Wildman–Crippen MR) is 65.9 cm³/mol. The largest absolute Gasteiger partial charge is 0.382 e. The van der Waals surface area contributed by atoms with Gasteiger partial charge in [-0.05, 0) is 31.0 Å². The molecule has 0 radical (unpaired) electrons. The number of halogens is 1. The zero-order valence-electron chi connectivity index (χ0n) is 9.76. The Kier molecular flexibility index (Phi) is 3.45. The molecule has 0 fully saturated rings. The maximum absolute atomic E-state index is 10.2. The number of rotatable bonds is 3. The molecule has 1 unspecified atom stereocenters. The van der Waals surface area contributed by atoms with Crippen LogP contribution in [-0.4, -0.2) is 20.1 Å². The van der Waals surface area contributed by atoms with E-state index in [9.17, 15) is 5.11 Å². The lowest BCUT2D eigenvalue weighted by Gasteiger charge is -2.12. The van der Waals surface area contributed by atoms with Gasteiger partial charge in [-0.3, -0.25) is 0 Å².